The lowest BCUT2D eigenvalue weighted by Gasteiger charge is -2.37. The van der Waals surface area contributed by atoms with Gasteiger partial charge in [-0.25, -0.2) is 0 Å². The Balaban J connectivity index is 1.51. The molecule has 186 valence electrons. The van der Waals surface area contributed by atoms with Gasteiger partial charge in [0.25, 0.3) is 5.91 Å². The Morgan fingerprint density at radius 3 is 2.51 bits per heavy atom. The van der Waals surface area contributed by atoms with Crippen molar-refractivity contribution in [2.24, 2.45) is 5.92 Å². The fourth-order valence-electron chi connectivity index (χ4n) is 4.88. The zero-order valence-corrected chi connectivity index (χ0v) is 21.6. The summed E-state index contributed by atoms with van der Waals surface area (Å²) in [5.74, 6) is -0.0262. The molecule has 2 heterocycles. The van der Waals surface area contributed by atoms with Crippen LogP contribution in [0.25, 0.3) is 11.1 Å². The Bertz CT molecular complexity index is 1100. The van der Waals surface area contributed by atoms with Crippen LogP contribution in [0.15, 0.2) is 47.4 Å². The van der Waals surface area contributed by atoms with Gasteiger partial charge in [0.05, 0.1) is 17.3 Å². The molecule has 35 heavy (non-hydrogen) atoms. The molecule has 2 aromatic carbocycles. The highest BCUT2D eigenvalue weighted by atomic mass is 32.2. The van der Waals surface area contributed by atoms with Crippen molar-refractivity contribution in [2.75, 3.05) is 25.2 Å². The van der Waals surface area contributed by atoms with Gasteiger partial charge in [0, 0.05) is 17.5 Å². The van der Waals surface area contributed by atoms with Gasteiger partial charge < -0.3 is 20.9 Å². The average molecular weight is 495 g/mol. The number of hydrogen-bond donors (Lipinski definition) is 3. The minimum atomic E-state index is -0.614. The van der Waals surface area contributed by atoms with Crippen molar-refractivity contribution in [2.45, 2.75) is 56.1 Å². The second-order valence-corrected chi connectivity index (χ2v) is 10.6. The predicted octanol–water partition coefficient (Wildman–Crippen LogP) is 3.75. The van der Waals surface area contributed by atoms with Gasteiger partial charge in [-0.15, -0.1) is 11.8 Å². The average Bonchev–Trinajstić information content (AvgIpc) is 2.96. The van der Waals surface area contributed by atoms with Gasteiger partial charge in [0.15, 0.2) is 0 Å². The van der Waals surface area contributed by atoms with E-state index in [-0.39, 0.29) is 29.8 Å². The van der Waals surface area contributed by atoms with E-state index in [1.165, 1.54) is 4.90 Å². The molecule has 4 rings (SSSR count). The van der Waals surface area contributed by atoms with Crippen LogP contribution in [0.5, 0.6) is 0 Å². The highest BCUT2D eigenvalue weighted by Gasteiger charge is 2.40. The predicted molar refractivity (Wildman–Crippen MR) is 141 cm³/mol. The maximum absolute atomic E-state index is 13.5. The van der Waals surface area contributed by atoms with Crippen molar-refractivity contribution in [3.63, 3.8) is 0 Å². The zero-order valence-electron chi connectivity index (χ0n) is 20.8. The van der Waals surface area contributed by atoms with Gasteiger partial charge in [0.1, 0.15) is 6.04 Å². The van der Waals surface area contributed by atoms with Gasteiger partial charge in [-0.2, -0.15) is 0 Å². The van der Waals surface area contributed by atoms with E-state index in [1.807, 2.05) is 36.6 Å². The van der Waals surface area contributed by atoms with Crippen LogP contribution in [0.3, 0.4) is 0 Å². The van der Waals surface area contributed by atoms with E-state index in [0.717, 1.165) is 17.5 Å². The lowest BCUT2D eigenvalue weighted by molar-refractivity contribution is -0.126. The van der Waals surface area contributed by atoms with Gasteiger partial charge in [0.2, 0.25) is 11.8 Å². The van der Waals surface area contributed by atoms with Crippen LogP contribution in [0, 0.1) is 5.92 Å². The molecule has 1 fully saturated rings. The van der Waals surface area contributed by atoms with Crippen molar-refractivity contribution >= 4 is 35.2 Å². The summed E-state index contributed by atoms with van der Waals surface area (Å²) in [5, 5.41) is 9.14. The van der Waals surface area contributed by atoms with E-state index in [4.69, 9.17) is 0 Å². The highest BCUT2D eigenvalue weighted by Crippen LogP contribution is 2.32. The van der Waals surface area contributed by atoms with Crippen molar-refractivity contribution in [3.05, 3.63) is 48.0 Å². The molecular formula is C27H34N4O3S. The first-order valence-electron chi connectivity index (χ1n) is 12.2. The third-order valence-corrected chi connectivity index (χ3v) is 7.56. The zero-order chi connectivity index (χ0) is 25.1. The molecule has 3 unspecified atom stereocenters. The molecule has 0 aromatic heterocycles. The summed E-state index contributed by atoms with van der Waals surface area (Å²) in [4.78, 5) is 42.3. The quantitative estimate of drug-likeness (QED) is 0.510. The van der Waals surface area contributed by atoms with E-state index in [0.29, 0.717) is 36.6 Å². The van der Waals surface area contributed by atoms with Crippen molar-refractivity contribution in [1.29, 1.82) is 0 Å². The number of carbonyl (C=O) groups excluding carboxylic acids is 3. The number of piperidine rings is 1. The Morgan fingerprint density at radius 1 is 1.14 bits per heavy atom. The van der Waals surface area contributed by atoms with Crippen LogP contribution in [-0.2, 0) is 9.59 Å². The molecule has 3 N–H and O–H groups in total. The van der Waals surface area contributed by atoms with Gasteiger partial charge in [-0.05, 0) is 73.9 Å². The number of benzene rings is 2. The first kappa shape index (κ1) is 25.3. The third-order valence-electron chi connectivity index (χ3n) is 6.82. The minimum Gasteiger partial charge on any atom is -0.352 e. The number of hydrogen-bond acceptors (Lipinski definition) is 5. The van der Waals surface area contributed by atoms with E-state index in [2.05, 4.69) is 41.9 Å². The Hall–Kier alpha value is -2.84. The monoisotopic (exact) mass is 494 g/mol. The SMILES string of the molecule is CNC(CC(C)C)C(=O)NC1CCN2C(=O)c3cc(-c4ccc(SC)cc4)ccc3NC(=O)C2C1. The van der Waals surface area contributed by atoms with Gasteiger partial charge in [-0.3, -0.25) is 14.4 Å². The van der Waals surface area contributed by atoms with Crippen LogP contribution in [0.1, 0.15) is 43.5 Å². The minimum absolute atomic E-state index is 0.0552. The second-order valence-electron chi connectivity index (χ2n) is 9.69. The molecular weight excluding hydrogens is 460 g/mol. The topological polar surface area (TPSA) is 90.5 Å². The number of anilines is 1. The number of carbonyl (C=O) groups is 3. The normalized spacial score (nSPS) is 20.5. The van der Waals surface area contributed by atoms with Gasteiger partial charge in [-0.1, -0.05) is 32.0 Å². The first-order valence-corrected chi connectivity index (χ1v) is 13.4. The molecule has 8 heteroatoms. The number of thioether (sulfide) groups is 1. The highest BCUT2D eigenvalue weighted by molar-refractivity contribution is 7.98. The smallest absolute Gasteiger partial charge is 0.256 e. The lowest BCUT2D eigenvalue weighted by atomic mass is 9.95. The first-order chi connectivity index (χ1) is 16.8. The lowest BCUT2D eigenvalue weighted by Crippen LogP contribution is -2.56. The largest absolute Gasteiger partial charge is 0.352 e. The Kier molecular flexibility index (Phi) is 7.82. The van der Waals surface area contributed by atoms with E-state index >= 15 is 0 Å². The van der Waals surface area contributed by atoms with E-state index < -0.39 is 6.04 Å². The molecule has 1 saturated heterocycles. The number of fused-ring (bicyclic) bond motifs is 2. The molecule has 0 saturated carbocycles. The maximum atomic E-state index is 13.5. The standard InChI is InChI=1S/C27H34N4O3S/c1-16(2)13-23(28-3)25(32)29-19-11-12-31-24(15-19)26(33)30-22-10-7-18(14-21(22)27(31)34)17-5-8-20(35-4)9-6-17/h5-10,14,16,19,23-24,28H,11-13,15H2,1-4H3,(H,29,32)(H,30,33). The molecule has 0 spiro atoms. The van der Waals surface area contributed by atoms with Crippen molar-refractivity contribution < 1.29 is 14.4 Å². The fraction of sp³-hybridized carbons (Fsp3) is 0.444. The molecule has 3 amide bonds. The summed E-state index contributed by atoms with van der Waals surface area (Å²) in [6.07, 6.45) is 3.79. The van der Waals surface area contributed by atoms with Crippen LogP contribution in [0.4, 0.5) is 5.69 Å². The van der Waals surface area contributed by atoms with Crippen molar-refractivity contribution in [1.82, 2.24) is 15.5 Å². The summed E-state index contributed by atoms with van der Waals surface area (Å²) in [6.45, 7) is 4.59. The molecule has 7 nitrogen and oxygen atoms in total. The van der Waals surface area contributed by atoms with Crippen LogP contribution in [-0.4, -0.2) is 60.6 Å². The summed E-state index contributed by atoms with van der Waals surface area (Å²) < 4.78 is 0. The Labute approximate surface area is 211 Å². The molecule has 2 aromatic rings. The molecule has 2 aliphatic rings. The molecule has 0 radical (unpaired) electrons. The van der Waals surface area contributed by atoms with E-state index in [9.17, 15) is 14.4 Å². The summed E-state index contributed by atoms with van der Waals surface area (Å²) in [7, 11) is 1.79. The Morgan fingerprint density at radius 2 is 1.86 bits per heavy atom. The number of nitrogens with one attached hydrogen (secondary N) is 3. The fourth-order valence-corrected chi connectivity index (χ4v) is 5.29. The number of amides is 3. The summed E-state index contributed by atoms with van der Waals surface area (Å²) in [5.41, 5.74) is 2.99. The van der Waals surface area contributed by atoms with Gasteiger partial charge >= 0.3 is 0 Å². The van der Waals surface area contributed by atoms with Crippen LogP contribution in [0.2, 0.25) is 0 Å². The van der Waals surface area contributed by atoms with E-state index in [1.54, 1.807) is 23.7 Å². The second kappa shape index (κ2) is 10.8. The molecule has 0 bridgehead atoms. The summed E-state index contributed by atoms with van der Waals surface area (Å²) >= 11 is 1.68. The molecule has 3 atom stereocenters. The molecule has 0 aliphatic carbocycles. The summed E-state index contributed by atoms with van der Waals surface area (Å²) in [6, 6.07) is 12.8. The maximum Gasteiger partial charge on any atom is 0.256 e. The number of rotatable bonds is 7. The van der Waals surface area contributed by atoms with Crippen LogP contribution < -0.4 is 16.0 Å². The van der Waals surface area contributed by atoms with Crippen LogP contribution >= 0.6 is 11.8 Å². The molecule has 2 aliphatic heterocycles. The van der Waals surface area contributed by atoms with Crippen molar-refractivity contribution in [3.8, 4) is 11.1 Å². The number of likely N-dealkylation sites (N-methyl/N-ethyl adjacent to an activating group) is 1. The number of nitrogens with zero attached hydrogens (tertiary/aromatic N) is 1. The third kappa shape index (κ3) is 5.54.